The molecule has 0 bridgehead atoms. The number of thiazole rings is 1. The monoisotopic (exact) mass is 250 g/mol. The SMILES string of the molecule is Cc1nc(C(C)Nc2ccc(C)c(F)c2)cs1. The van der Waals surface area contributed by atoms with Crippen molar-refractivity contribution < 1.29 is 4.39 Å². The molecule has 1 atom stereocenters. The van der Waals surface area contributed by atoms with Crippen LogP contribution in [-0.4, -0.2) is 4.98 Å². The summed E-state index contributed by atoms with van der Waals surface area (Å²) in [6.45, 7) is 5.75. The second-order valence-corrected chi connectivity index (χ2v) is 5.18. The Morgan fingerprint density at radius 2 is 2.12 bits per heavy atom. The zero-order valence-corrected chi connectivity index (χ0v) is 10.9. The van der Waals surface area contributed by atoms with Gasteiger partial charge in [0, 0.05) is 11.1 Å². The lowest BCUT2D eigenvalue weighted by Crippen LogP contribution is -2.07. The van der Waals surface area contributed by atoms with E-state index >= 15 is 0 Å². The largest absolute Gasteiger partial charge is 0.377 e. The number of hydrogen-bond acceptors (Lipinski definition) is 3. The van der Waals surface area contributed by atoms with E-state index in [-0.39, 0.29) is 11.9 Å². The summed E-state index contributed by atoms with van der Waals surface area (Å²) >= 11 is 1.62. The van der Waals surface area contributed by atoms with E-state index in [4.69, 9.17) is 0 Å². The Morgan fingerprint density at radius 1 is 1.35 bits per heavy atom. The molecule has 4 heteroatoms. The summed E-state index contributed by atoms with van der Waals surface area (Å²) in [6.07, 6.45) is 0. The van der Waals surface area contributed by atoms with E-state index in [1.54, 1.807) is 24.3 Å². The zero-order valence-electron chi connectivity index (χ0n) is 10.1. The van der Waals surface area contributed by atoms with Crippen LogP contribution >= 0.6 is 11.3 Å². The van der Waals surface area contributed by atoms with Crippen molar-refractivity contribution in [1.82, 2.24) is 4.98 Å². The fourth-order valence-electron chi connectivity index (χ4n) is 1.59. The molecule has 2 rings (SSSR count). The van der Waals surface area contributed by atoms with Crippen LogP contribution in [0.15, 0.2) is 23.6 Å². The molecule has 1 aromatic heterocycles. The van der Waals surface area contributed by atoms with Gasteiger partial charge in [-0.2, -0.15) is 0 Å². The fraction of sp³-hybridized carbons (Fsp3) is 0.308. The van der Waals surface area contributed by atoms with Crippen LogP contribution in [0.3, 0.4) is 0 Å². The Labute approximate surface area is 105 Å². The van der Waals surface area contributed by atoms with Crippen LogP contribution in [0.4, 0.5) is 10.1 Å². The van der Waals surface area contributed by atoms with Crippen molar-refractivity contribution in [1.29, 1.82) is 0 Å². The summed E-state index contributed by atoms with van der Waals surface area (Å²) in [4.78, 5) is 4.41. The Morgan fingerprint density at radius 3 is 2.71 bits per heavy atom. The van der Waals surface area contributed by atoms with Crippen molar-refractivity contribution in [2.24, 2.45) is 0 Å². The average Bonchev–Trinajstić information content (AvgIpc) is 2.70. The first-order chi connectivity index (χ1) is 8.06. The maximum Gasteiger partial charge on any atom is 0.128 e. The average molecular weight is 250 g/mol. The predicted molar refractivity (Wildman–Crippen MR) is 70.0 cm³/mol. The highest BCUT2D eigenvalue weighted by Gasteiger charge is 2.09. The van der Waals surface area contributed by atoms with E-state index in [2.05, 4.69) is 10.3 Å². The standard InChI is InChI=1S/C13H15FN2S/c1-8-4-5-11(6-12(8)14)15-9(2)13-7-17-10(3)16-13/h4-7,9,15H,1-3H3. The summed E-state index contributed by atoms with van der Waals surface area (Å²) in [7, 11) is 0. The van der Waals surface area contributed by atoms with E-state index in [9.17, 15) is 4.39 Å². The zero-order chi connectivity index (χ0) is 12.4. The third-order valence-electron chi connectivity index (χ3n) is 2.64. The van der Waals surface area contributed by atoms with Crippen LogP contribution < -0.4 is 5.32 Å². The van der Waals surface area contributed by atoms with Gasteiger partial charge in [0.15, 0.2) is 0 Å². The summed E-state index contributed by atoms with van der Waals surface area (Å²) in [5, 5.41) is 6.31. The molecule has 1 unspecified atom stereocenters. The van der Waals surface area contributed by atoms with Gasteiger partial charge >= 0.3 is 0 Å². The maximum absolute atomic E-state index is 13.4. The number of anilines is 1. The summed E-state index contributed by atoms with van der Waals surface area (Å²) in [5.41, 5.74) is 2.44. The normalized spacial score (nSPS) is 12.5. The molecule has 0 saturated heterocycles. The molecule has 90 valence electrons. The van der Waals surface area contributed by atoms with Gasteiger partial charge in [-0.25, -0.2) is 9.37 Å². The molecular formula is C13H15FN2S. The summed E-state index contributed by atoms with van der Waals surface area (Å²) < 4.78 is 13.4. The second kappa shape index (κ2) is 4.84. The second-order valence-electron chi connectivity index (χ2n) is 4.12. The third-order valence-corrected chi connectivity index (χ3v) is 3.43. The lowest BCUT2D eigenvalue weighted by atomic mass is 10.2. The van der Waals surface area contributed by atoms with Crippen molar-refractivity contribution in [2.75, 3.05) is 5.32 Å². The number of aryl methyl sites for hydroxylation is 2. The first-order valence-corrected chi connectivity index (χ1v) is 6.39. The third kappa shape index (κ3) is 2.82. The van der Waals surface area contributed by atoms with Crippen molar-refractivity contribution in [2.45, 2.75) is 26.8 Å². The van der Waals surface area contributed by atoms with Gasteiger partial charge in [-0.05, 0) is 38.5 Å². The topological polar surface area (TPSA) is 24.9 Å². The van der Waals surface area contributed by atoms with E-state index < -0.39 is 0 Å². The molecule has 0 aliphatic rings. The van der Waals surface area contributed by atoms with E-state index in [0.29, 0.717) is 5.56 Å². The summed E-state index contributed by atoms with van der Waals surface area (Å²) in [6, 6.07) is 5.26. The highest BCUT2D eigenvalue weighted by Crippen LogP contribution is 2.22. The van der Waals surface area contributed by atoms with Gasteiger partial charge in [0.1, 0.15) is 5.82 Å². The molecule has 1 N–H and O–H groups in total. The van der Waals surface area contributed by atoms with Gasteiger partial charge in [-0.3, -0.25) is 0 Å². The van der Waals surface area contributed by atoms with Crippen LogP contribution in [0, 0.1) is 19.7 Å². The van der Waals surface area contributed by atoms with Crippen LogP contribution in [0.25, 0.3) is 0 Å². The fourth-order valence-corrected chi connectivity index (χ4v) is 2.29. The molecule has 0 aliphatic heterocycles. The number of nitrogens with one attached hydrogen (secondary N) is 1. The van der Waals surface area contributed by atoms with Crippen molar-refractivity contribution >= 4 is 17.0 Å². The van der Waals surface area contributed by atoms with E-state index in [1.165, 1.54) is 6.07 Å². The van der Waals surface area contributed by atoms with Crippen molar-refractivity contribution in [3.8, 4) is 0 Å². The van der Waals surface area contributed by atoms with Gasteiger partial charge in [0.25, 0.3) is 0 Å². The Bertz CT molecular complexity index is 522. The molecule has 0 spiro atoms. The first kappa shape index (κ1) is 12.0. The number of rotatable bonds is 3. The highest BCUT2D eigenvalue weighted by molar-refractivity contribution is 7.09. The quantitative estimate of drug-likeness (QED) is 0.888. The molecular weight excluding hydrogens is 235 g/mol. The predicted octanol–water partition coefficient (Wildman–Crippen LogP) is 4.07. The number of aromatic nitrogens is 1. The number of nitrogens with zero attached hydrogens (tertiary/aromatic N) is 1. The molecule has 2 nitrogen and oxygen atoms in total. The Hall–Kier alpha value is -1.42. The van der Waals surface area contributed by atoms with Gasteiger partial charge < -0.3 is 5.32 Å². The van der Waals surface area contributed by atoms with Crippen LogP contribution in [-0.2, 0) is 0 Å². The smallest absolute Gasteiger partial charge is 0.128 e. The van der Waals surface area contributed by atoms with Gasteiger partial charge in [0.2, 0.25) is 0 Å². The number of hydrogen-bond donors (Lipinski definition) is 1. The maximum atomic E-state index is 13.4. The van der Waals surface area contributed by atoms with Crippen molar-refractivity contribution in [3.63, 3.8) is 0 Å². The number of benzene rings is 1. The minimum Gasteiger partial charge on any atom is -0.377 e. The Balaban J connectivity index is 2.12. The van der Waals surface area contributed by atoms with Crippen LogP contribution in [0.2, 0.25) is 0 Å². The van der Waals surface area contributed by atoms with E-state index in [0.717, 1.165) is 16.4 Å². The minimum atomic E-state index is -0.184. The summed E-state index contributed by atoms with van der Waals surface area (Å²) in [5.74, 6) is -0.184. The molecule has 0 aliphatic carbocycles. The van der Waals surface area contributed by atoms with Crippen molar-refractivity contribution in [3.05, 3.63) is 45.7 Å². The lowest BCUT2D eigenvalue weighted by Gasteiger charge is -2.13. The molecule has 0 amide bonds. The van der Waals surface area contributed by atoms with Crippen LogP contribution in [0.1, 0.15) is 29.2 Å². The Kier molecular flexibility index (Phi) is 3.43. The highest BCUT2D eigenvalue weighted by atomic mass is 32.1. The molecule has 0 saturated carbocycles. The van der Waals surface area contributed by atoms with Crippen LogP contribution in [0.5, 0.6) is 0 Å². The molecule has 0 fully saturated rings. The lowest BCUT2D eigenvalue weighted by molar-refractivity contribution is 0.618. The van der Waals surface area contributed by atoms with E-state index in [1.807, 2.05) is 25.3 Å². The van der Waals surface area contributed by atoms with Gasteiger partial charge in [-0.15, -0.1) is 11.3 Å². The molecule has 1 aromatic carbocycles. The van der Waals surface area contributed by atoms with Gasteiger partial charge in [-0.1, -0.05) is 6.07 Å². The molecule has 1 heterocycles. The molecule has 0 radical (unpaired) electrons. The minimum absolute atomic E-state index is 0.0852. The molecule has 17 heavy (non-hydrogen) atoms. The molecule has 2 aromatic rings. The van der Waals surface area contributed by atoms with Gasteiger partial charge in [0.05, 0.1) is 16.7 Å². The number of halogens is 1. The first-order valence-electron chi connectivity index (χ1n) is 5.51.